The Balaban J connectivity index is 1.30. The highest BCUT2D eigenvalue weighted by atomic mass is 19.1. The first-order valence-electron chi connectivity index (χ1n) is 9.78. The van der Waals surface area contributed by atoms with Crippen molar-refractivity contribution in [3.63, 3.8) is 0 Å². The lowest BCUT2D eigenvalue weighted by atomic mass is 9.99. The Kier molecular flexibility index (Phi) is 5.39. The monoisotopic (exact) mass is 381 g/mol. The van der Waals surface area contributed by atoms with Crippen LogP contribution < -0.4 is 10.6 Å². The summed E-state index contributed by atoms with van der Waals surface area (Å²) in [5, 5.41) is 5.90. The summed E-state index contributed by atoms with van der Waals surface area (Å²) in [4.78, 5) is 26.2. The van der Waals surface area contributed by atoms with E-state index in [1.54, 1.807) is 12.1 Å². The number of hydrogen-bond acceptors (Lipinski definition) is 3. The Morgan fingerprint density at radius 3 is 2.71 bits per heavy atom. The number of carbonyl (C=O) groups excluding carboxylic acids is 2. The van der Waals surface area contributed by atoms with Gasteiger partial charge in [-0.05, 0) is 48.6 Å². The van der Waals surface area contributed by atoms with Gasteiger partial charge in [0.1, 0.15) is 5.82 Å². The van der Waals surface area contributed by atoms with Gasteiger partial charge in [0.15, 0.2) is 0 Å². The Hall–Kier alpha value is -2.73. The number of aryl methyl sites for hydroxylation is 1. The van der Waals surface area contributed by atoms with Gasteiger partial charge in [-0.15, -0.1) is 0 Å². The van der Waals surface area contributed by atoms with Crippen LogP contribution in [0.5, 0.6) is 0 Å². The molecule has 6 heteroatoms. The summed E-state index contributed by atoms with van der Waals surface area (Å²) >= 11 is 0. The van der Waals surface area contributed by atoms with Crippen LogP contribution >= 0.6 is 0 Å². The van der Waals surface area contributed by atoms with E-state index in [9.17, 15) is 14.0 Å². The lowest BCUT2D eigenvalue weighted by Crippen LogP contribution is -2.44. The van der Waals surface area contributed by atoms with Crippen LogP contribution in [0.2, 0.25) is 0 Å². The summed E-state index contributed by atoms with van der Waals surface area (Å²) in [6, 6.07) is 12.4. The number of likely N-dealkylation sites (tertiary alicyclic amines) is 1. The lowest BCUT2D eigenvalue weighted by molar-refractivity contribution is -0.116. The number of hydrogen-bond donors (Lipinski definition) is 2. The number of piperidine rings is 1. The highest BCUT2D eigenvalue weighted by Crippen LogP contribution is 2.25. The number of amides is 2. The van der Waals surface area contributed by atoms with E-state index in [1.807, 2.05) is 0 Å². The van der Waals surface area contributed by atoms with Gasteiger partial charge in [0, 0.05) is 37.8 Å². The second-order valence-corrected chi connectivity index (χ2v) is 7.54. The maximum Gasteiger partial charge on any atom is 0.254 e. The molecule has 2 aromatic carbocycles. The van der Waals surface area contributed by atoms with Gasteiger partial charge in [0.2, 0.25) is 5.91 Å². The maximum absolute atomic E-state index is 13.7. The van der Waals surface area contributed by atoms with Gasteiger partial charge in [0.25, 0.3) is 5.91 Å². The normalized spacial score (nSPS) is 17.7. The summed E-state index contributed by atoms with van der Waals surface area (Å²) in [5.41, 5.74) is 3.40. The Labute approximate surface area is 163 Å². The van der Waals surface area contributed by atoms with Crippen LogP contribution in [0.1, 0.15) is 40.7 Å². The first-order valence-corrected chi connectivity index (χ1v) is 9.78. The number of benzene rings is 2. The van der Waals surface area contributed by atoms with E-state index >= 15 is 0 Å². The number of nitrogens with one attached hydrogen (secondary N) is 2. The molecule has 2 amide bonds. The molecule has 2 aromatic rings. The van der Waals surface area contributed by atoms with E-state index in [-0.39, 0.29) is 23.4 Å². The van der Waals surface area contributed by atoms with Crippen LogP contribution in [-0.4, -0.2) is 35.8 Å². The summed E-state index contributed by atoms with van der Waals surface area (Å²) < 4.78 is 13.7. The second-order valence-electron chi connectivity index (χ2n) is 7.54. The summed E-state index contributed by atoms with van der Waals surface area (Å²) in [5.74, 6) is -0.755. The van der Waals surface area contributed by atoms with E-state index in [1.165, 1.54) is 23.3 Å². The van der Waals surface area contributed by atoms with Gasteiger partial charge >= 0.3 is 0 Å². The molecule has 1 saturated heterocycles. The Morgan fingerprint density at radius 1 is 1.14 bits per heavy atom. The van der Waals surface area contributed by atoms with Crippen molar-refractivity contribution in [1.82, 2.24) is 10.2 Å². The summed E-state index contributed by atoms with van der Waals surface area (Å²) in [7, 11) is 0. The Morgan fingerprint density at radius 2 is 1.93 bits per heavy atom. The van der Waals surface area contributed by atoms with Crippen molar-refractivity contribution < 1.29 is 14.0 Å². The molecule has 146 valence electrons. The number of anilines is 1. The molecule has 2 aliphatic rings. The van der Waals surface area contributed by atoms with Gasteiger partial charge in [0.05, 0.1) is 5.56 Å². The molecule has 2 aliphatic heterocycles. The smallest absolute Gasteiger partial charge is 0.254 e. The van der Waals surface area contributed by atoms with Crippen LogP contribution in [-0.2, 0) is 17.8 Å². The molecular weight excluding hydrogens is 357 g/mol. The molecule has 2 N–H and O–H groups in total. The van der Waals surface area contributed by atoms with Crippen LogP contribution in [0, 0.1) is 5.82 Å². The number of carbonyl (C=O) groups is 2. The highest BCUT2D eigenvalue weighted by Gasteiger charge is 2.23. The molecule has 0 aromatic heterocycles. The second kappa shape index (κ2) is 8.10. The Bertz CT molecular complexity index is 891. The van der Waals surface area contributed by atoms with Gasteiger partial charge in [-0.2, -0.15) is 0 Å². The maximum atomic E-state index is 13.7. The molecular formula is C22H24FN3O2. The number of halogens is 1. The van der Waals surface area contributed by atoms with E-state index in [0.29, 0.717) is 6.42 Å². The van der Waals surface area contributed by atoms with E-state index in [0.717, 1.165) is 44.6 Å². The van der Waals surface area contributed by atoms with Crippen molar-refractivity contribution >= 4 is 17.5 Å². The minimum Gasteiger partial charge on any atom is -0.349 e. The van der Waals surface area contributed by atoms with E-state index in [2.05, 4.69) is 33.7 Å². The average molecular weight is 381 g/mol. The topological polar surface area (TPSA) is 61.4 Å². The molecule has 28 heavy (non-hydrogen) atoms. The van der Waals surface area contributed by atoms with Gasteiger partial charge < -0.3 is 10.6 Å². The minimum atomic E-state index is -0.489. The number of fused-ring (bicyclic) bond motifs is 1. The van der Waals surface area contributed by atoms with Crippen LogP contribution in [0.25, 0.3) is 0 Å². The molecule has 0 radical (unpaired) electrons. The SMILES string of the molecule is O=C1CCc2ccc(CN3CCC(NC(=O)c4ccccc4F)CC3)cc2N1. The molecule has 0 atom stereocenters. The fraction of sp³-hybridized carbons (Fsp3) is 0.364. The van der Waals surface area contributed by atoms with Crippen molar-refractivity contribution in [1.29, 1.82) is 0 Å². The predicted molar refractivity (Wildman–Crippen MR) is 106 cm³/mol. The van der Waals surface area contributed by atoms with E-state index < -0.39 is 5.82 Å². The van der Waals surface area contributed by atoms with Crippen LogP contribution in [0.3, 0.4) is 0 Å². The van der Waals surface area contributed by atoms with E-state index in [4.69, 9.17) is 0 Å². The zero-order valence-corrected chi connectivity index (χ0v) is 15.7. The largest absolute Gasteiger partial charge is 0.349 e. The van der Waals surface area contributed by atoms with Gasteiger partial charge in [-0.1, -0.05) is 24.3 Å². The lowest BCUT2D eigenvalue weighted by Gasteiger charge is -2.32. The fourth-order valence-corrected chi connectivity index (χ4v) is 3.92. The van der Waals surface area contributed by atoms with Gasteiger partial charge in [-0.25, -0.2) is 4.39 Å². The van der Waals surface area contributed by atoms with Crippen molar-refractivity contribution in [2.75, 3.05) is 18.4 Å². The third-order valence-corrected chi connectivity index (χ3v) is 5.52. The summed E-state index contributed by atoms with van der Waals surface area (Å²) in [6.07, 6.45) is 3.02. The van der Waals surface area contributed by atoms with Crippen LogP contribution in [0.4, 0.5) is 10.1 Å². The standard InChI is InChI=1S/C22H24FN3O2/c23-19-4-2-1-3-18(19)22(28)24-17-9-11-26(12-10-17)14-15-5-6-16-7-8-21(27)25-20(16)13-15/h1-6,13,17H,7-12,14H2,(H,24,28)(H,25,27). The molecule has 0 spiro atoms. The third-order valence-electron chi connectivity index (χ3n) is 5.52. The first kappa shape index (κ1) is 18.6. The molecule has 1 fully saturated rings. The van der Waals surface area contributed by atoms with Crippen molar-refractivity contribution in [2.45, 2.75) is 38.3 Å². The summed E-state index contributed by atoms with van der Waals surface area (Å²) in [6.45, 7) is 2.55. The average Bonchev–Trinajstić information content (AvgIpc) is 2.69. The predicted octanol–water partition coefficient (Wildman–Crippen LogP) is 3.10. The minimum absolute atomic E-state index is 0.0613. The highest BCUT2D eigenvalue weighted by molar-refractivity contribution is 5.94. The number of nitrogens with zero attached hydrogens (tertiary/aromatic N) is 1. The number of rotatable bonds is 4. The fourth-order valence-electron chi connectivity index (χ4n) is 3.92. The van der Waals surface area contributed by atoms with Gasteiger partial charge in [-0.3, -0.25) is 14.5 Å². The van der Waals surface area contributed by atoms with Crippen molar-refractivity contribution in [3.8, 4) is 0 Å². The molecule has 2 heterocycles. The van der Waals surface area contributed by atoms with Crippen molar-refractivity contribution in [3.05, 3.63) is 65.0 Å². The zero-order chi connectivity index (χ0) is 19.5. The molecule has 4 rings (SSSR count). The zero-order valence-electron chi connectivity index (χ0n) is 15.7. The molecule has 0 bridgehead atoms. The molecule has 0 saturated carbocycles. The van der Waals surface area contributed by atoms with Crippen molar-refractivity contribution in [2.24, 2.45) is 0 Å². The van der Waals surface area contributed by atoms with Crippen LogP contribution in [0.15, 0.2) is 42.5 Å². The molecule has 0 unspecified atom stereocenters. The first-order chi connectivity index (χ1) is 13.6. The third kappa shape index (κ3) is 4.22. The quantitative estimate of drug-likeness (QED) is 0.856. The molecule has 0 aliphatic carbocycles. The molecule has 5 nitrogen and oxygen atoms in total.